The van der Waals surface area contributed by atoms with Crippen LogP contribution in [0.2, 0.25) is 0 Å². The highest BCUT2D eigenvalue weighted by Crippen LogP contribution is 2.19. The fourth-order valence-electron chi connectivity index (χ4n) is 1.40. The van der Waals surface area contributed by atoms with Gasteiger partial charge in [-0.3, -0.25) is 0 Å². The van der Waals surface area contributed by atoms with Gasteiger partial charge in [0.05, 0.1) is 6.61 Å². The van der Waals surface area contributed by atoms with Crippen molar-refractivity contribution in [1.29, 1.82) is 0 Å². The van der Waals surface area contributed by atoms with E-state index in [0.717, 1.165) is 12.1 Å². The lowest BCUT2D eigenvalue weighted by Crippen LogP contribution is -2.24. The molecule has 0 aliphatic rings. The van der Waals surface area contributed by atoms with E-state index in [0.29, 0.717) is 18.9 Å². The summed E-state index contributed by atoms with van der Waals surface area (Å²) in [6, 6.07) is 7.39. The van der Waals surface area contributed by atoms with Crippen LogP contribution in [0.3, 0.4) is 0 Å². The van der Waals surface area contributed by atoms with E-state index in [1.54, 1.807) is 13.2 Å². The van der Waals surface area contributed by atoms with E-state index in [1.807, 2.05) is 18.2 Å². The molecular formula is C13H19NO4. The molecule has 0 heterocycles. The minimum atomic E-state index is -0.975. The molecule has 0 saturated heterocycles. The first-order chi connectivity index (χ1) is 8.65. The van der Waals surface area contributed by atoms with Crippen LogP contribution >= 0.6 is 0 Å². The third-order valence-electron chi connectivity index (χ3n) is 2.42. The number of aliphatic carboxylic acids is 1. The lowest BCUT2D eigenvalue weighted by atomic mass is 10.2. The summed E-state index contributed by atoms with van der Waals surface area (Å²) in [5.74, 6) is -0.380. The predicted octanol–water partition coefficient (Wildman–Crippen LogP) is 1.27. The molecule has 0 fully saturated rings. The first-order valence-corrected chi connectivity index (χ1v) is 5.82. The number of hydrogen-bond acceptors (Lipinski definition) is 4. The third-order valence-corrected chi connectivity index (χ3v) is 2.42. The van der Waals surface area contributed by atoms with Gasteiger partial charge in [0.1, 0.15) is 5.75 Å². The molecule has 0 saturated carbocycles. The molecule has 1 aromatic rings. The fourth-order valence-corrected chi connectivity index (χ4v) is 1.40. The van der Waals surface area contributed by atoms with Gasteiger partial charge >= 0.3 is 5.97 Å². The molecule has 0 bridgehead atoms. The molecule has 1 atom stereocenters. The summed E-state index contributed by atoms with van der Waals surface area (Å²) >= 11 is 0. The fraction of sp³-hybridized carbons (Fsp3) is 0.462. The van der Waals surface area contributed by atoms with Crippen molar-refractivity contribution in [3.05, 3.63) is 29.8 Å². The molecule has 2 N–H and O–H groups in total. The normalized spacial score (nSPS) is 12.1. The number of hydrogen-bond donors (Lipinski definition) is 2. The largest absolute Gasteiger partial charge is 0.479 e. The van der Waals surface area contributed by atoms with Crippen LogP contribution in [0.5, 0.6) is 5.75 Å². The van der Waals surface area contributed by atoms with Gasteiger partial charge in [-0.1, -0.05) is 18.2 Å². The molecule has 0 aromatic heterocycles. The Morgan fingerprint density at radius 3 is 2.83 bits per heavy atom. The van der Waals surface area contributed by atoms with Crippen molar-refractivity contribution >= 4 is 5.97 Å². The van der Waals surface area contributed by atoms with Gasteiger partial charge in [-0.05, 0) is 13.0 Å². The summed E-state index contributed by atoms with van der Waals surface area (Å²) in [6.45, 7) is 3.50. The highest BCUT2D eigenvalue weighted by atomic mass is 16.5. The van der Waals surface area contributed by atoms with E-state index in [9.17, 15) is 4.79 Å². The van der Waals surface area contributed by atoms with Crippen molar-refractivity contribution in [3.8, 4) is 5.75 Å². The topological polar surface area (TPSA) is 67.8 Å². The second kappa shape index (κ2) is 7.68. The first kappa shape index (κ1) is 14.5. The number of nitrogens with one attached hydrogen (secondary N) is 1. The van der Waals surface area contributed by atoms with Gasteiger partial charge in [-0.25, -0.2) is 4.79 Å². The number of benzene rings is 1. The van der Waals surface area contributed by atoms with Crippen molar-refractivity contribution in [2.75, 3.05) is 20.3 Å². The van der Waals surface area contributed by atoms with E-state index in [1.165, 1.54) is 6.92 Å². The van der Waals surface area contributed by atoms with E-state index in [2.05, 4.69) is 5.32 Å². The molecule has 100 valence electrons. The van der Waals surface area contributed by atoms with Crippen LogP contribution in [0.1, 0.15) is 12.5 Å². The van der Waals surface area contributed by atoms with Crippen LogP contribution in [0.15, 0.2) is 24.3 Å². The molecule has 1 aromatic carbocycles. The standard InChI is InChI=1S/C13H19NO4/c1-10(13(15)16)18-12-6-4-3-5-11(12)9-14-7-8-17-2/h3-6,10,14H,7-9H2,1-2H3,(H,15,16). The first-order valence-electron chi connectivity index (χ1n) is 5.82. The molecule has 1 unspecified atom stereocenters. The Bertz CT molecular complexity index is 381. The maximum absolute atomic E-state index is 10.8. The Kier molecular flexibility index (Phi) is 6.18. The molecule has 0 amide bonds. The van der Waals surface area contributed by atoms with Crippen molar-refractivity contribution < 1.29 is 19.4 Å². The Morgan fingerprint density at radius 2 is 2.17 bits per heavy atom. The lowest BCUT2D eigenvalue weighted by molar-refractivity contribution is -0.144. The zero-order chi connectivity index (χ0) is 13.4. The maximum Gasteiger partial charge on any atom is 0.344 e. The number of ether oxygens (including phenoxy) is 2. The second-order valence-electron chi connectivity index (χ2n) is 3.88. The Balaban J connectivity index is 2.58. The average molecular weight is 253 g/mol. The summed E-state index contributed by atoms with van der Waals surface area (Å²) < 4.78 is 10.3. The van der Waals surface area contributed by atoms with Crippen LogP contribution in [-0.4, -0.2) is 37.4 Å². The molecule has 5 heteroatoms. The molecular weight excluding hydrogens is 234 g/mol. The Morgan fingerprint density at radius 1 is 1.44 bits per heavy atom. The van der Waals surface area contributed by atoms with E-state index >= 15 is 0 Å². The number of methoxy groups -OCH3 is 1. The van der Waals surface area contributed by atoms with Gasteiger partial charge in [-0.2, -0.15) is 0 Å². The molecule has 1 rings (SSSR count). The van der Waals surface area contributed by atoms with E-state index in [4.69, 9.17) is 14.6 Å². The van der Waals surface area contributed by atoms with Crippen molar-refractivity contribution in [3.63, 3.8) is 0 Å². The lowest BCUT2D eigenvalue weighted by Gasteiger charge is -2.14. The summed E-state index contributed by atoms with van der Waals surface area (Å²) in [4.78, 5) is 10.8. The SMILES string of the molecule is COCCNCc1ccccc1OC(C)C(=O)O. The maximum atomic E-state index is 10.8. The quantitative estimate of drug-likeness (QED) is 0.683. The zero-order valence-corrected chi connectivity index (χ0v) is 10.7. The van der Waals surface area contributed by atoms with Crippen LogP contribution in [0.4, 0.5) is 0 Å². The number of rotatable bonds is 8. The number of carbonyl (C=O) groups is 1. The number of carboxylic acids is 1. The zero-order valence-electron chi connectivity index (χ0n) is 10.7. The van der Waals surface area contributed by atoms with E-state index in [-0.39, 0.29) is 0 Å². The summed E-state index contributed by atoms with van der Waals surface area (Å²) in [7, 11) is 1.65. The van der Waals surface area contributed by atoms with Gasteiger partial charge in [0, 0.05) is 25.8 Å². The van der Waals surface area contributed by atoms with Gasteiger partial charge in [0.2, 0.25) is 0 Å². The summed E-state index contributed by atoms with van der Waals surface area (Å²) in [5, 5.41) is 12.0. The second-order valence-corrected chi connectivity index (χ2v) is 3.88. The van der Waals surface area contributed by atoms with E-state index < -0.39 is 12.1 Å². The van der Waals surface area contributed by atoms with Crippen molar-refractivity contribution in [2.45, 2.75) is 19.6 Å². The van der Waals surface area contributed by atoms with Crippen LogP contribution in [-0.2, 0) is 16.1 Å². The van der Waals surface area contributed by atoms with Crippen LogP contribution in [0, 0.1) is 0 Å². The molecule has 5 nitrogen and oxygen atoms in total. The van der Waals surface area contributed by atoms with Gasteiger partial charge in [-0.15, -0.1) is 0 Å². The van der Waals surface area contributed by atoms with Gasteiger partial charge in [0.25, 0.3) is 0 Å². The monoisotopic (exact) mass is 253 g/mol. The van der Waals surface area contributed by atoms with Crippen molar-refractivity contribution in [1.82, 2.24) is 5.32 Å². The highest BCUT2D eigenvalue weighted by molar-refractivity contribution is 5.72. The van der Waals surface area contributed by atoms with Crippen LogP contribution < -0.4 is 10.1 Å². The smallest absolute Gasteiger partial charge is 0.344 e. The number of carboxylic acid groups (broad SMARTS) is 1. The summed E-state index contributed by atoms with van der Waals surface area (Å²) in [6.07, 6.45) is -0.856. The Hall–Kier alpha value is -1.59. The molecule has 18 heavy (non-hydrogen) atoms. The number of para-hydroxylation sites is 1. The summed E-state index contributed by atoms with van der Waals surface area (Å²) in [5.41, 5.74) is 0.932. The predicted molar refractivity (Wildman–Crippen MR) is 67.8 cm³/mol. The van der Waals surface area contributed by atoms with Gasteiger partial charge in [0.15, 0.2) is 6.10 Å². The minimum absolute atomic E-state index is 0.595. The molecule has 0 aliphatic carbocycles. The van der Waals surface area contributed by atoms with Crippen molar-refractivity contribution in [2.24, 2.45) is 0 Å². The highest BCUT2D eigenvalue weighted by Gasteiger charge is 2.14. The molecule has 0 spiro atoms. The molecule has 0 aliphatic heterocycles. The van der Waals surface area contributed by atoms with Gasteiger partial charge < -0.3 is 19.9 Å². The third kappa shape index (κ3) is 4.73. The molecule has 0 radical (unpaired) electrons. The average Bonchev–Trinajstić information content (AvgIpc) is 2.36. The Labute approximate surface area is 107 Å². The minimum Gasteiger partial charge on any atom is -0.479 e. The van der Waals surface area contributed by atoms with Crippen LogP contribution in [0.25, 0.3) is 0 Å².